The predicted molar refractivity (Wildman–Crippen MR) is 73.4 cm³/mol. The smallest absolute Gasteiger partial charge is 0.126 e. The highest BCUT2D eigenvalue weighted by molar-refractivity contribution is 5.22. The fourth-order valence-electron chi connectivity index (χ4n) is 2.08. The summed E-state index contributed by atoms with van der Waals surface area (Å²) in [6, 6.07) is 7.02. The van der Waals surface area contributed by atoms with Gasteiger partial charge in [0, 0.05) is 19.6 Å². The summed E-state index contributed by atoms with van der Waals surface area (Å²) in [6.45, 7) is 5.91. The summed E-state index contributed by atoms with van der Waals surface area (Å²) in [6.07, 6.45) is 2.05. The van der Waals surface area contributed by atoms with Crippen LogP contribution in [0.15, 0.2) is 24.3 Å². The second-order valence-electron chi connectivity index (χ2n) is 4.70. The Morgan fingerprint density at radius 2 is 2.06 bits per heavy atom. The van der Waals surface area contributed by atoms with Gasteiger partial charge in [-0.05, 0) is 37.9 Å². The highest BCUT2D eigenvalue weighted by Crippen LogP contribution is 2.24. The van der Waals surface area contributed by atoms with E-state index in [-0.39, 0.29) is 17.8 Å². The molecule has 102 valence electrons. The lowest BCUT2D eigenvalue weighted by atomic mass is 9.93. The molecule has 0 fully saturated rings. The standard InChI is InChI=1S/C15H24FNO/c1-4-9-17-11-13(10-12(2)18-3)14-7-5-6-8-15(14)16/h5-8,12-13,17H,4,9-11H2,1-3H3. The number of ether oxygens (including phenoxy) is 1. The summed E-state index contributed by atoms with van der Waals surface area (Å²) in [4.78, 5) is 0. The molecule has 0 aliphatic heterocycles. The molecule has 18 heavy (non-hydrogen) atoms. The van der Waals surface area contributed by atoms with Crippen LogP contribution in [0, 0.1) is 5.82 Å². The van der Waals surface area contributed by atoms with E-state index in [2.05, 4.69) is 12.2 Å². The van der Waals surface area contributed by atoms with Gasteiger partial charge in [0.15, 0.2) is 0 Å². The van der Waals surface area contributed by atoms with E-state index < -0.39 is 0 Å². The van der Waals surface area contributed by atoms with Crippen molar-refractivity contribution in [2.75, 3.05) is 20.2 Å². The Hall–Kier alpha value is -0.930. The molecule has 0 radical (unpaired) electrons. The quantitative estimate of drug-likeness (QED) is 0.717. The lowest BCUT2D eigenvalue weighted by molar-refractivity contribution is 0.103. The summed E-state index contributed by atoms with van der Waals surface area (Å²) < 4.78 is 19.1. The summed E-state index contributed by atoms with van der Waals surface area (Å²) in [7, 11) is 1.70. The van der Waals surface area contributed by atoms with Crippen molar-refractivity contribution in [2.45, 2.75) is 38.7 Å². The zero-order valence-corrected chi connectivity index (χ0v) is 11.6. The third-order valence-corrected chi connectivity index (χ3v) is 3.18. The Morgan fingerprint density at radius 1 is 1.33 bits per heavy atom. The molecule has 0 amide bonds. The molecule has 0 heterocycles. The second-order valence-corrected chi connectivity index (χ2v) is 4.70. The number of halogens is 1. The van der Waals surface area contributed by atoms with E-state index in [0.29, 0.717) is 0 Å². The van der Waals surface area contributed by atoms with Crippen LogP contribution in [0.5, 0.6) is 0 Å². The maximum absolute atomic E-state index is 13.8. The maximum atomic E-state index is 13.8. The molecular weight excluding hydrogens is 229 g/mol. The summed E-state index contributed by atoms with van der Waals surface area (Å²) in [5.74, 6) is 0.0387. The van der Waals surface area contributed by atoms with Gasteiger partial charge in [-0.1, -0.05) is 25.1 Å². The fraction of sp³-hybridized carbons (Fsp3) is 0.600. The Kier molecular flexibility index (Phi) is 6.91. The van der Waals surface area contributed by atoms with Crippen LogP contribution in [0.25, 0.3) is 0 Å². The largest absolute Gasteiger partial charge is 0.382 e. The van der Waals surface area contributed by atoms with Gasteiger partial charge in [0.05, 0.1) is 6.10 Å². The number of nitrogens with one attached hydrogen (secondary N) is 1. The van der Waals surface area contributed by atoms with Crippen LogP contribution in [0.1, 0.15) is 38.2 Å². The molecule has 1 N–H and O–H groups in total. The van der Waals surface area contributed by atoms with Crippen molar-refractivity contribution in [1.29, 1.82) is 0 Å². The molecule has 2 nitrogen and oxygen atoms in total. The van der Waals surface area contributed by atoms with E-state index >= 15 is 0 Å². The molecule has 0 saturated carbocycles. The molecule has 2 atom stereocenters. The zero-order valence-electron chi connectivity index (χ0n) is 11.6. The van der Waals surface area contributed by atoms with Crippen molar-refractivity contribution < 1.29 is 9.13 Å². The first-order valence-electron chi connectivity index (χ1n) is 6.67. The minimum atomic E-state index is -0.121. The van der Waals surface area contributed by atoms with Gasteiger partial charge >= 0.3 is 0 Å². The molecule has 0 aliphatic rings. The Morgan fingerprint density at radius 3 is 2.67 bits per heavy atom. The van der Waals surface area contributed by atoms with E-state index in [9.17, 15) is 4.39 Å². The minimum absolute atomic E-state index is 0.121. The Labute approximate surface area is 110 Å². The van der Waals surface area contributed by atoms with Crippen LogP contribution in [0.2, 0.25) is 0 Å². The normalized spacial score (nSPS) is 14.4. The highest BCUT2D eigenvalue weighted by atomic mass is 19.1. The van der Waals surface area contributed by atoms with Gasteiger partial charge in [-0.3, -0.25) is 0 Å². The SMILES string of the molecule is CCCNCC(CC(C)OC)c1ccccc1F. The molecule has 0 spiro atoms. The van der Waals surface area contributed by atoms with Gasteiger partial charge in [0.25, 0.3) is 0 Å². The first kappa shape index (κ1) is 15.1. The topological polar surface area (TPSA) is 21.3 Å². The zero-order chi connectivity index (χ0) is 13.4. The molecule has 0 bridgehead atoms. The first-order chi connectivity index (χ1) is 8.69. The third-order valence-electron chi connectivity index (χ3n) is 3.18. The van der Waals surface area contributed by atoms with Gasteiger partial charge < -0.3 is 10.1 Å². The van der Waals surface area contributed by atoms with Gasteiger partial charge in [-0.15, -0.1) is 0 Å². The predicted octanol–water partition coefficient (Wildman–Crippen LogP) is 3.33. The van der Waals surface area contributed by atoms with Crippen LogP contribution >= 0.6 is 0 Å². The summed E-state index contributed by atoms with van der Waals surface area (Å²) in [5, 5.41) is 3.37. The number of rotatable bonds is 8. The molecule has 2 unspecified atom stereocenters. The van der Waals surface area contributed by atoms with Crippen molar-refractivity contribution in [2.24, 2.45) is 0 Å². The average Bonchev–Trinajstić information content (AvgIpc) is 2.38. The van der Waals surface area contributed by atoms with Gasteiger partial charge in [-0.25, -0.2) is 4.39 Å². The van der Waals surface area contributed by atoms with Crippen LogP contribution in [0.3, 0.4) is 0 Å². The van der Waals surface area contributed by atoms with E-state index in [4.69, 9.17) is 4.74 Å². The second kappa shape index (κ2) is 8.22. The lowest BCUT2D eigenvalue weighted by Gasteiger charge is -2.21. The van der Waals surface area contributed by atoms with Crippen LogP contribution < -0.4 is 5.32 Å². The molecule has 0 aromatic heterocycles. The molecule has 0 saturated heterocycles. The maximum Gasteiger partial charge on any atom is 0.126 e. The number of methoxy groups -OCH3 is 1. The Bertz CT molecular complexity index is 343. The number of benzene rings is 1. The molecule has 1 rings (SSSR count). The van der Waals surface area contributed by atoms with Gasteiger partial charge in [0.1, 0.15) is 5.82 Å². The van der Waals surface area contributed by atoms with Gasteiger partial charge in [-0.2, -0.15) is 0 Å². The Balaban J connectivity index is 2.73. The highest BCUT2D eigenvalue weighted by Gasteiger charge is 2.17. The molecule has 1 aromatic carbocycles. The fourth-order valence-corrected chi connectivity index (χ4v) is 2.08. The van der Waals surface area contributed by atoms with Crippen molar-refractivity contribution in [1.82, 2.24) is 5.32 Å². The van der Waals surface area contributed by atoms with Crippen molar-refractivity contribution in [3.8, 4) is 0 Å². The number of hydrogen-bond acceptors (Lipinski definition) is 2. The van der Waals surface area contributed by atoms with E-state index in [1.54, 1.807) is 13.2 Å². The monoisotopic (exact) mass is 253 g/mol. The summed E-state index contributed by atoms with van der Waals surface area (Å²) in [5.41, 5.74) is 0.782. The van der Waals surface area contributed by atoms with Crippen LogP contribution in [-0.4, -0.2) is 26.3 Å². The van der Waals surface area contributed by atoms with E-state index in [1.807, 2.05) is 19.1 Å². The van der Waals surface area contributed by atoms with E-state index in [1.165, 1.54) is 6.07 Å². The molecule has 0 aliphatic carbocycles. The third kappa shape index (κ3) is 4.75. The van der Waals surface area contributed by atoms with Crippen molar-refractivity contribution >= 4 is 0 Å². The average molecular weight is 253 g/mol. The number of hydrogen-bond donors (Lipinski definition) is 1. The molecular formula is C15H24FNO. The van der Waals surface area contributed by atoms with Crippen LogP contribution in [-0.2, 0) is 4.74 Å². The molecule has 3 heteroatoms. The first-order valence-corrected chi connectivity index (χ1v) is 6.67. The minimum Gasteiger partial charge on any atom is -0.382 e. The summed E-state index contributed by atoms with van der Waals surface area (Å²) >= 11 is 0. The van der Waals surface area contributed by atoms with Crippen LogP contribution in [0.4, 0.5) is 4.39 Å². The van der Waals surface area contributed by atoms with Gasteiger partial charge in [0.2, 0.25) is 0 Å². The van der Waals surface area contributed by atoms with E-state index in [0.717, 1.165) is 31.5 Å². The lowest BCUT2D eigenvalue weighted by Crippen LogP contribution is -2.25. The van der Waals surface area contributed by atoms with Crippen molar-refractivity contribution in [3.05, 3.63) is 35.6 Å². The molecule has 1 aromatic rings. The van der Waals surface area contributed by atoms with Crippen molar-refractivity contribution in [3.63, 3.8) is 0 Å².